The van der Waals surface area contributed by atoms with Gasteiger partial charge in [-0.25, -0.2) is 4.98 Å². The van der Waals surface area contributed by atoms with Crippen molar-refractivity contribution in [3.05, 3.63) is 17.2 Å². The van der Waals surface area contributed by atoms with Crippen molar-refractivity contribution in [3.63, 3.8) is 0 Å². The van der Waals surface area contributed by atoms with Gasteiger partial charge in [-0.3, -0.25) is 9.59 Å². The molecule has 3 rings (SSSR count). The number of aryl methyl sites for hydroxylation is 2. The topological polar surface area (TPSA) is 92.1 Å². The van der Waals surface area contributed by atoms with Gasteiger partial charge in [-0.05, 0) is 32.6 Å². The highest BCUT2D eigenvalue weighted by atomic mass is 16.2. The molecule has 1 atom stereocenters. The number of carbonyl (C=O) groups excluding carboxylic acids is 2. The van der Waals surface area contributed by atoms with Gasteiger partial charge < -0.3 is 15.6 Å². The molecule has 3 N–H and O–H groups in total. The minimum Gasteiger partial charge on any atom is -0.369 e. The molecule has 6 nitrogen and oxygen atoms in total. The number of hydrogen-bond donors (Lipinski definition) is 2. The molecule has 0 saturated carbocycles. The third kappa shape index (κ3) is 2.80. The molecule has 21 heavy (non-hydrogen) atoms. The summed E-state index contributed by atoms with van der Waals surface area (Å²) in [6.45, 7) is 3.25. The maximum absolute atomic E-state index is 12.6. The lowest BCUT2D eigenvalue weighted by Gasteiger charge is -2.34. The van der Waals surface area contributed by atoms with E-state index in [0.717, 1.165) is 36.5 Å². The fourth-order valence-corrected chi connectivity index (χ4v) is 3.48. The van der Waals surface area contributed by atoms with Crippen molar-refractivity contribution in [3.8, 4) is 0 Å². The predicted octanol–water partition coefficient (Wildman–Crippen LogP) is 0.547. The molecule has 1 saturated heterocycles. The molecular weight excluding hydrogens is 268 g/mol. The Kier molecular flexibility index (Phi) is 3.69. The lowest BCUT2D eigenvalue weighted by Crippen LogP contribution is -2.45. The molecule has 1 aliphatic heterocycles. The number of nitrogens with zero attached hydrogens (tertiary/aromatic N) is 2. The summed E-state index contributed by atoms with van der Waals surface area (Å²) in [4.78, 5) is 33.4. The van der Waals surface area contributed by atoms with Crippen molar-refractivity contribution in [2.75, 3.05) is 13.1 Å². The molecule has 0 bridgehead atoms. The highest BCUT2D eigenvalue weighted by molar-refractivity contribution is 5.80. The number of fused-ring (bicyclic) bond motifs is 1. The van der Waals surface area contributed by atoms with Crippen LogP contribution in [-0.4, -0.2) is 39.8 Å². The monoisotopic (exact) mass is 290 g/mol. The molecule has 2 aliphatic rings. The number of likely N-dealkylation sites (tertiary alicyclic amines) is 1. The highest BCUT2D eigenvalue weighted by Crippen LogP contribution is 2.27. The Morgan fingerprint density at radius 2 is 1.95 bits per heavy atom. The average Bonchev–Trinajstić information content (AvgIpc) is 2.85. The van der Waals surface area contributed by atoms with E-state index in [2.05, 4.69) is 9.97 Å². The zero-order valence-corrected chi connectivity index (χ0v) is 12.4. The van der Waals surface area contributed by atoms with E-state index >= 15 is 0 Å². The molecule has 2 amide bonds. The first-order chi connectivity index (χ1) is 10.0. The maximum Gasteiger partial charge on any atom is 0.226 e. The van der Waals surface area contributed by atoms with E-state index in [0.29, 0.717) is 25.9 Å². The summed E-state index contributed by atoms with van der Waals surface area (Å²) in [5.41, 5.74) is 7.56. The standard InChI is InChI=1S/C15H22N4O2/c1-9-17-12-3-2-11(8-13(12)18-9)15(21)19-6-4-10(5-7-19)14(16)20/h10-11H,2-8H2,1H3,(H2,16,20)(H,17,18). The number of aromatic nitrogens is 2. The second-order valence-corrected chi connectivity index (χ2v) is 6.19. The fraction of sp³-hybridized carbons (Fsp3) is 0.667. The second kappa shape index (κ2) is 5.50. The van der Waals surface area contributed by atoms with Gasteiger partial charge in [-0.2, -0.15) is 0 Å². The van der Waals surface area contributed by atoms with E-state index in [-0.39, 0.29) is 23.7 Å². The van der Waals surface area contributed by atoms with Gasteiger partial charge in [0, 0.05) is 37.0 Å². The summed E-state index contributed by atoms with van der Waals surface area (Å²) >= 11 is 0. The van der Waals surface area contributed by atoms with Crippen molar-refractivity contribution in [1.82, 2.24) is 14.9 Å². The first-order valence-electron chi connectivity index (χ1n) is 7.67. The van der Waals surface area contributed by atoms with Crippen LogP contribution < -0.4 is 5.73 Å². The highest BCUT2D eigenvalue weighted by Gasteiger charge is 2.32. The van der Waals surface area contributed by atoms with Crippen molar-refractivity contribution >= 4 is 11.8 Å². The molecule has 1 unspecified atom stereocenters. The Morgan fingerprint density at radius 1 is 1.24 bits per heavy atom. The van der Waals surface area contributed by atoms with Crippen LogP contribution in [0.1, 0.15) is 36.5 Å². The van der Waals surface area contributed by atoms with E-state index in [9.17, 15) is 9.59 Å². The summed E-state index contributed by atoms with van der Waals surface area (Å²) in [5, 5.41) is 0. The van der Waals surface area contributed by atoms with E-state index < -0.39 is 0 Å². The first kappa shape index (κ1) is 14.1. The average molecular weight is 290 g/mol. The minimum atomic E-state index is -0.239. The summed E-state index contributed by atoms with van der Waals surface area (Å²) in [7, 11) is 0. The summed E-state index contributed by atoms with van der Waals surface area (Å²) < 4.78 is 0. The van der Waals surface area contributed by atoms with Gasteiger partial charge in [0.2, 0.25) is 11.8 Å². The van der Waals surface area contributed by atoms with E-state index in [1.165, 1.54) is 0 Å². The second-order valence-electron chi connectivity index (χ2n) is 6.19. The molecule has 0 aromatic carbocycles. The molecule has 0 spiro atoms. The SMILES string of the molecule is Cc1nc2c([nH]1)CC(C(=O)N1CCC(C(N)=O)CC1)CC2. The Morgan fingerprint density at radius 3 is 2.62 bits per heavy atom. The van der Waals surface area contributed by atoms with Crippen LogP contribution in [0, 0.1) is 18.8 Å². The molecule has 114 valence electrons. The van der Waals surface area contributed by atoms with E-state index in [4.69, 9.17) is 5.73 Å². The maximum atomic E-state index is 12.6. The molecule has 1 aromatic heterocycles. The molecule has 2 heterocycles. The number of nitrogens with one attached hydrogen (secondary N) is 1. The summed E-state index contributed by atoms with van der Waals surface area (Å²) in [6, 6.07) is 0. The third-order valence-corrected chi connectivity index (χ3v) is 4.72. The van der Waals surface area contributed by atoms with Crippen molar-refractivity contribution in [2.45, 2.75) is 39.0 Å². The number of hydrogen-bond acceptors (Lipinski definition) is 3. The number of nitrogens with two attached hydrogens (primary N) is 1. The Hall–Kier alpha value is -1.85. The van der Waals surface area contributed by atoms with E-state index in [1.54, 1.807) is 0 Å². The normalized spacial score (nSPS) is 22.9. The summed E-state index contributed by atoms with van der Waals surface area (Å²) in [6.07, 6.45) is 3.88. The van der Waals surface area contributed by atoms with Gasteiger partial charge >= 0.3 is 0 Å². The molecular formula is C15H22N4O2. The zero-order valence-electron chi connectivity index (χ0n) is 12.4. The van der Waals surface area contributed by atoms with Crippen LogP contribution in [-0.2, 0) is 22.4 Å². The Labute approximate surface area is 124 Å². The van der Waals surface area contributed by atoms with Crippen LogP contribution in [0.5, 0.6) is 0 Å². The Balaban J connectivity index is 1.61. The van der Waals surface area contributed by atoms with Crippen LogP contribution >= 0.6 is 0 Å². The molecule has 1 aliphatic carbocycles. The van der Waals surface area contributed by atoms with Gasteiger partial charge in [0.25, 0.3) is 0 Å². The Bertz CT molecular complexity index is 558. The van der Waals surface area contributed by atoms with Crippen molar-refractivity contribution in [1.29, 1.82) is 0 Å². The molecule has 0 radical (unpaired) electrons. The molecule has 1 fully saturated rings. The molecule has 6 heteroatoms. The predicted molar refractivity (Wildman–Crippen MR) is 77.3 cm³/mol. The number of amides is 2. The number of H-pyrrole nitrogens is 1. The van der Waals surface area contributed by atoms with Gasteiger partial charge in [0.05, 0.1) is 5.69 Å². The van der Waals surface area contributed by atoms with Gasteiger partial charge in [-0.1, -0.05) is 0 Å². The first-order valence-corrected chi connectivity index (χ1v) is 7.67. The van der Waals surface area contributed by atoms with Gasteiger partial charge in [0.15, 0.2) is 0 Å². The zero-order chi connectivity index (χ0) is 15.0. The lowest BCUT2D eigenvalue weighted by atomic mass is 9.87. The number of rotatable bonds is 2. The number of piperidine rings is 1. The van der Waals surface area contributed by atoms with Crippen LogP contribution in [0.25, 0.3) is 0 Å². The minimum absolute atomic E-state index is 0.0440. The quantitative estimate of drug-likeness (QED) is 0.833. The van der Waals surface area contributed by atoms with Crippen molar-refractivity contribution < 1.29 is 9.59 Å². The molecule has 1 aromatic rings. The van der Waals surface area contributed by atoms with E-state index in [1.807, 2.05) is 11.8 Å². The fourth-order valence-electron chi connectivity index (χ4n) is 3.48. The third-order valence-electron chi connectivity index (χ3n) is 4.72. The summed E-state index contributed by atoms with van der Waals surface area (Å²) in [5.74, 6) is 0.883. The number of carbonyl (C=O) groups is 2. The van der Waals surface area contributed by atoms with Gasteiger partial charge in [0.1, 0.15) is 5.82 Å². The smallest absolute Gasteiger partial charge is 0.226 e. The van der Waals surface area contributed by atoms with Crippen molar-refractivity contribution in [2.24, 2.45) is 17.6 Å². The lowest BCUT2D eigenvalue weighted by molar-refractivity contribution is -0.139. The largest absolute Gasteiger partial charge is 0.369 e. The van der Waals surface area contributed by atoms with Crippen LogP contribution in [0.4, 0.5) is 0 Å². The number of imidazole rings is 1. The van der Waals surface area contributed by atoms with Gasteiger partial charge in [-0.15, -0.1) is 0 Å². The van der Waals surface area contributed by atoms with Crippen LogP contribution in [0.15, 0.2) is 0 Å². The van der Waals surface area contributed by atoms with Crippen LogP contribution in [0.3, 0.4) is 0 Å². The number of primary amides is 1. The van der Waals surface area contributed by atoms with Crippen LogP contribution in [0.2, 0.25) is 0 Å². The number of aromatic amines is 1.